The molecule has 0 amide bonds. The Morgan fingerprint density at radius 3 is 1.89 bits per heavy atom. The van der Waals surface area contributed by atoms with E-state index in [0.29, 0.717) is 12.8 Å². The van der Waals surface area contributed by atoms with Gasteiger partial charge in [-0.3, -0.25) is 9.88 Å². The summed E-state index contributed by atoms with van der Waals surface area (Å²) in [4.78, 5) is 11.7. The summed E-state index contributed by atoms with van der Waals surface area (Å²) in [6.45, 7) is 7.81. The van der Waals surface area contributed by atoms with Crippen LogP contribution in [0.25, 0.3) is 0 Å². The van der Waals surface area contributed by atoms with E-state index in [-0.39, 0.29) is 17.1 Å². The molecule has 1 aliphatic heterocycles. The molecule has 1 radical (unpaired) electrons. The molecular weight excluding hydrogens is 533 g/mol. The number of aromatic nitrogens is 1. The Labute approximate surface area is 216 Å². The minimum atomic E-state index is -6.09. The standard InChI is InChI=1S/C14H24N4.C6H11O2.CHF3O3S.Fe/c1-16-7-8-17(2)10-12-18(11-9-16)13-14-5-3-4-6-15-14;7-5-3-1-2-4-6(5)8;2-1(3,4)8(5,6)7;/h3-6H,7-13H2,1-2H3;5-7H,1-4H2;(H,5,6,7);/q;-1;;+3/p-1. The van der Waals surface area contributed by atoms with E-state index in [1.807, 2.05) is 12.3 Å². The molecule has 1 aromatic heterocycles. The minimum absolute atomic E-state index is 0. The van der Waals surface area contributed by atoms with Gasteiger partial charge < -0.3 is 24.6 Å². The molecule has 2 atom stereocenters. The number of aliphatic hydroxyl groups is 1. The van der Waals surface area contributed by atoms with Gasteiger partial charge in [-0.1, -0.05) is 31.4 Å². The molecule has 0 spiro atoms. The zero-order chi connectivity index (χ0) is 25.8. The van der Waals surface area contributed by atoms with Crippen molar-refractivity contribution in [2.75, 3.05) is 53.4 Å². The molecule has 203 valence electrons. The van der Waals surface area contributed by atoms with Gasteiger partial charge in [-0.2, -0.15) is 13.2 Å². The van der Waals surface area contributed by atoms with Gasteiger partial charge in [0.1, 0.15) is 0 Å². The maximum atomic E-state index is 10.7. The average molecular weight is 568 g/mol. The molecule has 2 unspecified atom stereocenters. The predicted molar refractivity (Wildman–Crippen MR) is 119 cm³/mol. The fourth-order valence-corrected chi connectivity index (χ4v) is 3.26. The quantitative estimate of drug-likeness (QED) is 0.308. The number of nitrogens with zero attached hydrogens (tertiary/aromatic N) is 4. The van der Waals surface area contributed by atoms with E-state index in [9.17, 15) is 18.3 Å². The zero-order valence-corrected chi connectivity index (χ0v) is 21.9. The van der Waals surface area contributed by atoms with Crippen molar-refractivity contribution in [2.45, 2.75) is 49.9 Å². The fourth-order valence-electron chi connectivity index (χ4n) is 3.26. The number of likely N-dealkylation sites (N-methyl/N-ethyl adjacent to an activating group) is 2. The van der Waals surface area contributed by atoms with Gasteiger partial charge in [-0.25, -0.2) is 8.42 Å². The van der Waals surface area contributed by atoms with Crippen molar-refractivity contribution < 1.29 is 53.4 Å². The summed E-state index contributed by atoms with van der Waals surface area (Å²) in [5.74, 6) is 0. The van der Waals surface area contributed by atoms with Gasteiger partial charge in [0.15, 0.2) is 10.1 Å². The summed E-state index contributed by atoms with van der Waals surface area (Å²) >= 11 is 0. The first-order valence-corrected chi connectivity index (χ1v) is 12.6. The van der Waals surface area contributed by atoms with E-state index in [0.717, 1.165) is 58.7 Å². The topological polar surface area (TPSA) is 123 Å². The molecule has 3 rings (SSSR count). The van der Waals surface area contributed by atoms with Crippen molar-refractivity contribution in [1.29, 1.82) is 0 Å². The van der Waals surface area contributed by atoms with Crippen LogP contribution in [0.1, 0.15) is 31.4 Å². The largest absolute Gasteiger partial charge is 3.00 e. The van der Waals surface area contributed by atoms with Gasteiger partial charge in [0.05, 0.1) is 5.69 Å². The average Bonchev–Trinajstić information content (AvgIpc) is 2.83. The van der Waals surface area contributed by atoms with Crippen LogP contribution in [0.4, 0.5) is 13.2 Å². The van der Waals surface area contributed by atoms with Crippen LogP contribution < -0.4 is 5.11 Å². The summed E-state index contributed by atoms with van der Waals surface area (Å²) in [5.41, 5.74) is -4.48. The van der Waals surface area contributed by atoms with Gasteiger partial charge in [-0.15, -0.1) is 0 Å². The molecule has 9 nitrogen and oxygen atoms in total. The minimum Gasteiger partial charge on any atom is -0.850 e. The van der Waals surface area contributed by atoms with E-state index in [1.54, 1.807) is 0 Å². The second-order valence-corrected chi connectivity index (χ2v) is 9.87. The Kier molecular flexibility index (Phi) is 16.4. The van der Waals surface area contributed by atoms with Crippen LogP contribution in [-0.4, -0.2) is 109 Å². The first-order valence-electron chi connectivity index (χ1n) is 11.1. The molecule has 0 aromatic carbocycles. The maximum Gasteiger partial charge on any atom is 3.00 e. The number of rotatable bonds is 2. The predicted octanol–water partition coefficient (Wildman–Crippen LogP) is 0.460. The van der Waals surface area contributed by atoms with Gasteiger partial charge >= 0.3 is 22.6 Å². The molecule has 1 N–H and O–H groups in total. The molecule has 35 heavy (non-hydrogen) atoms. The molecule has 2 heterocycles. The molecule has 1 aromatic rings. The van der Waals surface area contributed by atoms with E-state index in [1.165, 1.54) is 5.69 Å². The van der Waals surface area contributed by atoms with Crippen LogP contribution in [0, 0.1) is 0 Å². The van der Waals surface area contributed by atoms with Crippen LogP contribution >= 0.6 is 0 Å². The van der Waals surface area contributed by atoms with Crippen LogP contribution in [0.15, 0.2) is 24.4 Å². The second-order valence-electron chi connectivity index (χ2n) is 8.49. The van der Waals surface area contributed by atoms with Gasteiger partial charge in [0.2, 0.25) is 0 Å². The Morgan fingerprint density at radius 1 is 1.03 bits per heavy atom. The van der Waals surface area contributed by atoms with Crippen molar-refractivity contribution in [3.63, 3.8) is 0 Å². The normalized spacial score (nSPS) is 23.2. The van der Waals surface area contributed by atoms with Crippen molar-refractivity contribution in [2.24, 2.45) is 0 Å². The smallest absolute Gasteiger partial charge is 0.850 e. The van der Waals surface area contributed by atoms with Gasteiger partial charge in [0, 0.05) is 58.1 Å². The zero-order valence-electron chi connectivity index (χ0n) is 20.0. The molecule has 1 saturated heterocycles. The van der Waals surface area contributed by atoms with Crippen molar-refractivity contribution >= 4 is 10.1 Å². The molecule has 1 saturated carbocycles. The molecule has 2 fully saturated rings. The van der Waals surface area contributed by atoms with Gasteiger partial charge in [-0.05, 0) is 32.6 Å². The fraction of sp³-hybridized carbons (Fsp3) is 0.762. The first-order chi connectivity index (χ1) is 15.8. The molecule has 1 aliphatic carbocycles. The third-order valence-electron chi connectivity index (χ3n) is 5.52. The molecule has 0 bridgehead atoms. The maximum absolute atomic E-state index is 10.7. The molecule has 14 heteroatoms. The first kappa shape index (κ1) is 34.2. The summed E-state index contributed by atoms with van der Waals surface area (Å²) in [6.07, 6.45) is 4.05. The summed E-state index contributed by atoms with van der Waals surface area (Å²) in [5, 5.41) is 19.5. The SMILES string of the molecule is CN1CCN(C)CCN(Cc2ccccn2)CC1.O=S(=O)([O-])C(F)(F)F.[Fe+3].[O-]C1CCCCC1O. The van der Waals surface area contributed by atoms with E-state index >= 15 is 0 Å². The Balaban J connectivity index is 0.000000569. The number of aliphatic hydroxyl groups excluding tert-OH is 1. The monoisotopic (exact) mass is 568 g/mol. The number of hydrogen-bond donors (Lipinski definition) is 1. The van der Waals surface area contributed by atoms with Crippen LogP contribution in [0.5, 0.6) is 0 Å². The summed E-state index contributed by atoms with van der Waals surface area (Å²) in [6, 6.07) is 6.15. The number of hydrogen-bond acceptors (Lipinski definition) is 9. The van der Waals surface area contributed by atoms with E-state index in [2.05, 4.69) is 45.9 Å². The third kappa shape index (κ3) is 15.1. The van der Waals surface area contributed by atoms with E-state index < -0.39 is 27.8 Å². The Morgan fingerprint density at radius 2 is 1.51 bits per heavy atom. The van der Waals surface area contributed by atoms with Crippen molar-refractivity contribution in [1.82, 2.24) is 19.7 Å². The molecular formula is C21H35F3FeN4O5S+. The van der Waals surface area contributed by atoms with E-state index in [4.69, 9.17) is 18.1 Å². The van der Waals surface area contributed by atoms with Crippen LogP contribution in [-0.2, 0) is 33.7 Å². The van der Waals surface area contributed by atoms with Crippen molar-refractivity contribution in [3.8, 4) is 0 Å². The third-order valence-corrected chi connectivity index (χ3v) is 6.09. The second kappa shape index (κ2) is 16.8. The van der Waals surface area contributed by atoms with Gasteiger partial charge in [0.25, 0.3) is 0 Å². The number of pyridine rings is 1. The Hall–Kier alpha value is -0.831. The van der Waals surface area contributed by atoms with Crippen LogP contribution in [0.3, 0.4) is 0 Å². The van der Waals surface area contributed by atoms with Crippen molar-refractivity contribution in [3.05, 3.63) is 30.1 Å². The summed E-state index contributed by atoms with van der Waals surface area (Å²) < 4.78 is 58.9. The molecule has 2 aliphatic rings. The Bertz CT molecular complexity index is 769. The number of halogens is 3. The number of alkyl halides is 3. The summed E-state index contributed by atoms with van der Waals surface area (Å²) in [7, 11) is -1.68. The van der Waals surface area contributed by atoms with Crippen LogP contribution in [0.2, 0.25) is 0 Å².